The standard InChI is InChI=1S/C19H15NO6S/c1-22-14-5-3-11(7-16(14)23-2)18-20-13(9-27-18)19(21)26-12-4-6-15-17(8-12)25-10-24-15/h3-9H,10H2,1-2H3. The zero-order chi connectivity index (χ0) is 18.8. The van der Waals surface area contributed by atoms with Crippen molar-refractivity contribution < 1.29 is 28.5 Å². The lowest BCUT2D eigenvalue weighted by Gasteiger charge is -2.08. The van der Waals surface area contributed by atoms with Gasteiger partial charge in [-0.3, -0.25) is 0 Å². The van der Waals surface area contributed by atoms with Crippen molar-refractivity contribution >= 4 is 17.3 Å². The summed E-state index contributed by atoms with van der Waals surface area (Å²) in [6.45, 7) is 0.160. The molecule has 1 aliphatic heterocycles. The third kappa shape index (κ3) is 3.39. The van der Waals surface area contributed by atoms with E-state index in [4.69, 9.17) is 23.7 Å². The Bertz CT molecular complexity index is 1000. The van der Waals surface area contributed by atoms with Gasteiger partial charge in [0.15, 0.2) is 28.7 Å². The summed E-state index contributed by atoms with van der Waals surface area (Å²) in [6, 6.07) is 10.4. The highest BCUT2D eigenvalue weighted by Gasteiger charge is 2.18. The van der Waals surface area contributed by atoms with Crippen molar-refractivity contribution in [3.63, 3.8) is 0 Å². The van der Waals surface area contributed by atoms with Crippen LogP contribution in [0.15, 0.2) is 41.8 Å². The summed E-state index contributed by atoms with van der Waals surface area (Å²) in [5.74, 6) is 2.21. The lowest BCUT2D eigenvalue weighted by molar-refractivity contribution is 0.0729. The van der Waals surface area contributed by atoms with E-state index in [2.05, 4.69) is 4.98 Å². The van der Waals surface area contributed by atoms with E-state index >= 15 is 0 Å². The Kier molecular flexibility index (Phi) is 4.55. The predicted octanol–water partition coefficient (Wildman–Crippen LogP) is 3.78. The van der Waals surface area contributed by atoms with Crippen LogP contribution in [0.2, 0.25) is 0 Å². The maximum absolute atomic E-state index is 12.4. The zero-order valence-electron chi connectivity index (χ0n) is 14.6. The highest BCUT2D eigenvalue weighted by Crippen LogP contribution is 2.36. The maximum Gasteiger partial charge on any atom is 0.363 e. The Labute approximate surface area is 159 Å². The number of esters is 1. The van der Waals surface area contributed by atoms with Crippen LogP contribution in [-0.4, -0.2) is 32.0 Å². The lowest BCUT2D eigenvalue weighted by atomic mass is 10.2. The van der Waals surface area contributed by atoms with E-state index in [0.717, 1.165) is 5.56 Å². The fraction of sp³-hybridized carbons (Fsp3) is 0.158. The molecule has 1 aromatic heterocycles. The smallest absolute Gasteiger partial charge is 0.363 e. The Morgan fingerprint density at radius 3 is 2.67 bits per heavy atom. The summed E-state index contributed by atoms with van der Waals surface area (Å²) in [5, 5.41) is 2.33. The van der Waals surface area contributed by atoms with Crippen molar-refractivity contribution in [1.29, 1.82) is 0 Å². The normalized spacial score (nSPS) is 11.9. The van der Waals surface area contributed by atoms with Crippen molar-refractivity contribution in [2.45, 2.75) is 0 Å². The largest absolute Gasteiger partial charge is 0.493 e. The first-order valence-electron chi connectivity index (χ1n) is 7.97. The van der Waals surface area contributed by atoms with E-state index in [1.54, 1.807) is 43.9 Å². The molecule has 0 aliphatic carbocycles. The van der Waals surface area contributed by atoms with Crippen LogP contribution in [0, 0.1) is 0 Å². The SMILES string of the molecule is COc1ccc(-c2nc(C(=O)Oc3ccc4c(c3)OCO4)cs2)cc1OC. The number of nitrogens with zero attached hydrogens (tertiary/aromatic N) is 1. The second kappa shape index (κ2) is 7.16. The van der Waals surface area contributed by atoms with E-state index in [-0.39, 0.29) is 12.5 Å². The van der Waals surface area contributed by atoms with E-state index < -0.39 is 5.97 Å². The van der Waals surface area contributed by atoms with E-state index in [9.17, 15) is 4.79 Å². The molecule has 0 unspecified atom stereocenters. The third-order valence-corrected chi connectivity index (χ3v) is 4.79. The molecule has 2 aromatic carbocycles. The summed E-state index contributed by atoms with van der Waals surface area (Å²) in [4.78, 5) is 16.8. The van der Waals surface area contributed by atoms with Gasteiger partial charge in [-0.15, -0.1) is 11.3 Å². The van der Waals surface area contributed by atoms with Crippen LogP contribution >= 0.6 is 11.3 Å². The average Bonchev–Trinajstić information content (AvgIpc) is 3.36. The molecule has 0 spiro atoms. The van der Waals surface area contributed by atoms with Crippen LogP contribution < -0.4 is 23.7 Å². The number of ether oxygens (including phenoxy) is 5. The van der Waals surface area contributed by atoms with E-state index in [1.165, 1.54) is 11.3 Å². The summed E-state index contributed by atoms with van der Waals surface area (Å²) in [5.41, 5.74) is 1.04. The summed E-state index contributed by atoms with van der Waals surface area (Å²) >= 11 is 1.34. The Hall–Kier alpha value is -3.26. The number of thiazole rings is 1. The first-order valence-corrected chi connectivity index (χ1v) is 8.85. The van der Waals surface area contributed by atoms with Gasteiger partial charge in [-0.25, -0.2) is 9.78 Å². The molecule has 0 saturated carbocycles. The van der Waals surface area contributed by atoms with E-state index in [1.807, 2.05) is 12.1 Å². The average molecular weight is 385 g/mol. The Balaban J connectivity index is 1.53. The first kappa shape index (κ1) is 17.2. The molecule has 3 aromatic rings. The molecule has 0 N–H and O–H groups in total. The van der Waals surface area contributed by atoms with Crippen molar-refractivity contribution in [2.75, 3.05) is 21.0 Å². The second-order valence-electron chi connectivity index (χ2n) is 5.51. The molecular weight excluding hydrogens is 370 g/mol. The lowest BCUT2D eigenvalue weighted by Crippen LogP contribution is -2.08. The zero-order valence-corrected chi connectivity index (χ0v) is 15.4. The third-order valence-electron chi connectivity index (χ3n) is 3.90. The molecule has 0 saturated heterocycles. The number of methoxy groups -OCH3 is 2. The monoisotopic (exact) mass is 385 g/mol. The van der Waals surface area contributed by atoms with Crippen molar-refractivity contribution in [3.8, 4) is 39.3 Å². The molecule has 0 radical (unpaired) electrons. The molecule has 7 nitrogen and oxygen atoms in total. The molecule has 0 bridgehead atoms. The minimum absolute atomic E-state index is 0.160. The molecular formula is C19H15NO6S. The highest BCUT2D eigenvalue weighted by molar-refractivity contribution is 7.13. The van der Waals surface area contributed by atoms with Gasteiger partial charge in [0, 0.05) is 17.0 Å². The van der Waals surface area contributed by atoms with E-state index in [0.29, 0.717) is 33.8 Å². The van der Waals surface area contributed by atoms with Gasteiger partial charge in [0.25, 0.3) is 0 Å². The molecule has 8 heteroatoms. The Morgan fingerprint density at radius 2 is 1.85 bits per heavy atom. The second-order valence-corrected chi connectivity index (χ2v) is 6.37. The Morgan fingerprint density at radius 1 is 1.04 bits per heavy atom. The number of rotatable bonds is 5. The minimum Gasteiger partial charge on any atom is -0.493 e. The van der Waals surface area contributed by atoms with Gasteiger partial charge < -0.3 is 23.7 Å². The molecule has 27 heavy (non-hydrogen) atoms. The maximum atomic E-state index is 12.4. The molecule has 4 rings (SSSR count). The fourth-order valence-electron chi connectivity index (χ4n) is 2.57. The van der Waals surface area contributed by atoms with Gasteiger partial charge in [-0.2, -0.15) is 0 Å². The summed E-state index contributed by atoms with van der Waals surface area (Å²) in [7, 11) is 3.14. The predicted molar refractivity (Wildman–Crippen MR) is 98.2 cm³/mol. The van der Waals surface area contributed by atoms with Gasteiger partial charge >= 0.3 is 5.97 Å². The number of aromatic nitrogens is 1. The highest BCUT2D eigenvalue weighted by atomic mass is 32.1. The summed E-state index contributed by atoms with van der Waals surface area (Å²) in [6.07, 6.45) is 0. The van der Waals surface area contributed by atoms with Gasteiger partial charge in [-0.1, -0.05) is 0 Å². The van der Waals surface area contributed by atoms with Crippen LogP contribution in [0.5, 0.6) is 28.7 Å². The van der Waals surface area contributed by atoms with Crippen LogP contribution in [0.3, 0.4) is 0 Å². The quantitative estimate of drug-likeness (QED) is 0.489. The molecule has 138 valence electrons. The van der Waals surface area contributed by atoms with Crippen molar-refractivity contribution in [3.05, 3.63) is 47.5 Å². The molecule has 0 atom stereocenters. The minimum atomic E-state index is -0.545. The van der Waals surface area contributed by atoms with Gasteiger partial charge in [0.05, 0.1) is 14.2 Å². The topological polar surface area (TPSA) is 76.1 Å². The molecule has 0 fully saturated rings. The fourth-order valence-corrected chi connectivity index (χ4v) is 3.36. The number of benzene rings is 2. The number of carbonyl (C=O) groups excluding carboxylic acids is 1. The van der Waals surface area contributed by atoms with Gasteiger partial charge in [0.1, 0.15) is 10.8 Å². The first-order chi connectivity index (χ1) is 13.2. The van der Waals surface area contributed by atoms with Crippen molar-refractivity contribution in [2.24, 2.45) is 0 Å². The number of fused-ring (bicyclic) bond motifs is 1. The van der Waals surface area contributed by atoms with Crippen LogP contribution in [0.1, 0.15) is 10.5 Å². The number of carbonyl (C=O) groups is 1. The molecule has 0 amide bonds. The molecule has 2 heterocycles. The van der Waals surface area contributed by atoms with Crippen LogP contribution in [0.25, 0.3) is 10.6 Å². The number of hydrogen-bond acceptors (Lipinski definition) is 8. The van der Waals surface area contributed by atoms with Crippen LogP contribution in [0.4, 0.5) is 0 Å². The summed E-state index contributed by atoms with van der Waals surface area (Å²) < 4.78 is 26.4. The number of hydrogen-bond donors (Lipinski definition) is 0. The van der Waals surface area contributed by atoms with Gasteiger partial charge in [-0.05, 0) is 30.3 Å². The molecule has 1 aliphatic rings. The van der Waals surface area contributed by atoms with Gasteiger partial charge in [0.2, 0.25) is 6.79 Å². The van der Waals surface area contributed by atoms with Crippen molar-refractivity contribution in [1.82, 2.24) is 4.98 Å². The van der Waals surface area contributed by atoms with Crippen LogP contribution in [-0.2, 0) is 0 Å².